The molecule has 1 saturated heterocycles. The molecule has 1 aliphatic heterocycles. The molecule has 1 amide bonds. The second-order valence-electron chi connectivity index (χ2n) is 6.21. The van der Waals surface area contributed by atoms with Gasteiger partial charge in [0.1, 0.15) is 5.75 Å². The lowest BCUT2D eigenvalue weighted by atomic mass is 9.89. The normalized spacial score (nSPS) is 15.8. The molecule has 1 aromatic carbocycles. The molecule has 1 fully saturated rings. The van der Waals surface area contributed by atoms with Crippen LogP contribution in [0.5, 0.6) is 5.75 Å². The van der Waals surface area contributed by atoms with Gasteiger partial charge in [0.25, 0.3) is 0 Å². The Morgan fingerprint density at radius 2 is 1.88 bits per heavy atom. The van der Waals surface area contributed by atoms with Crippen molar-refractivity contribution >= 4 is 11.7 Å². The average Bonchev–Trinajstić information content (AvgIpc) is 2.63. The summed E-state index contributed by atoms with van der Waals surface area (Å²) in [6.07, 6.45) is 1.58. The average molecular weight is 348 g/mol. The Hall–Kier alpha value is -1.92. The number of benzene rings is 1. The van der Waals surface area contributed by atoms with Crippen LogP contribution in [0, 0.1) is 5.92 Å². The first kappa shape index (κ1) is 19.4. The van der Waals surface area contributed by atoms with Gasteiger partial charge in [0.15, 0.2) is 5.78 Å². The summed E-state index contributed by atoms with van der Waals surface area (Å²) in [5.41, 5.74) is 0.735. The third-order valence-electron chi connectivity index (χ3n) is 4.40. The summed E-state index contributed by atoms with van der Waals surface area (Å²) in [7, 11) is 1.61. The van der Waals surface area contributed by atoms with Crippen molar-refractivity contribution in [1.82, 2.24) is 10.2 Å². The van der Waals surface area contributed by atoms with Gasteiger partial charge in [-0.1, -0.05) is 0 Å². The van der Waals surface area contributed by atoms with Crippen LogP contribution in [0.25, 0.3) is 0 Å². The lowest BCUT2D eigenvalue weighted by Gasteiger charge is -2.30. The van der Waals surface area contributed by atoms with Crippen molar-refractivity contribution in [3.05, 3.63) is 29.8 Å². The van der Waals surface area contributed by atoms with Crippen molar-refractivity contribution < 1.29 is 19.1 Å². The maximum atomic E-state index is 12.6. The van der Waals surface area contributed by atoms with E-state index >= 15 is 0 Å². The van der Waals surface area contributed by atoms with E-state index in [1.54, 1.807) is 7.11 Å². The third-order valence-corrected chi connectivity index (χ3v) is 4.40. The molecule has 0 radical (unpaired) electrons. The first-order chi connectivity index (χ1) is 12.1. The van der Waals surface area contributed by atoms with Crippen LogP contribution in [0.15, 0.2) is 24.3 Å². The van der Waals surface area contributed by atoms with Crippen LogP contribution < -0.4 is 10.1 Å². The van der Waals surface area contributed by atoms with Crippen molar-refractivity contribution in [1.29, 1.82) is 0 Å². The Balaban J connectivity index is 1.77. The van der Waals surface area contributed by atoms with Crippen LogP contribution in [0.3, 0.4) is 0 Å². The molecule has 0 bridgehead atoms. The van der Waals surface area contributed by atoms with E-state index in [-0.39, 0.29) is 17.6 Å². The van der Waals surface area contributed by atoms with Gasteiger partial charge in [-0.2, -0.15) is 0 Å². The number of nitrogens with one attached hydrogen (secondary N) is 1. The second kappa shape index (κ2) is 10.2. The number of ketones is 1. The summed E-state index contributed by atoms with van der Waals surface area (Å²) >= 11 is 0. The Bertz CT molecular complexity index is 551. The lowest BCUT2D eigenvalue weighted by molar-refractivity contribution is -0.122. The minimum atomic E-state index is 0.00772. The van der Waals surface area contributed by atoms with E-state index in [0.717, 1.165) is 37.2 Å². The Kier molecular flexibility index (Phi) is 7.88. The molecule has 2 rings (SSSR count). The first-order valence-electron chi connectivity index (χ1n) is 8.89. The fourth-order valence-electron chi connectivity index (χ4n) is 3.02. The number of methoxy groups -OCH3 is 1. The molecule has 1 N–H and O–H groups in total. The van der Waals surface area contributed by atoms with Gasteiger partial charge < -0.3 is 14.8 Å². The van der Waals surface area contributed by atoms with E-state index in [1.165, 1.54) is 0 Å². The van der Waals surface area contributed by atoms with Gasteiger partial charge in [-0.25, -0.2) is 0 Å². The van der Waals surface area contributed by atoms with Crippen LogP contribution >= 0.6 is 0 Å². The van der Waals surface area contributed by atoms with Crippen LogP contribution in [0.1, 0.15) is 30.1 Å². The zero-order chi connectivity index (χ0) is 18.1. The minimum Gasteiger partial charge on any atom is -0.494 e. The molecule has 0 aliphatic carbocycles. The zero-order valence-corrected chi connectivity index (χ0v) is 15.1. The van der Waals surface area contributed by atoms with E-state index in [2.05, 4.69) is 10.2 Å². The molecule has 1 aliphatic rings. The predicted octanol–water partition coefficient (Wildman–Crippen LogP) is 1.74. The molecule has 6 heteroatoms. The molecular formula is C19H28N2O4. The summed E-state index contributed by atoms with van der Waals surface area (Å²) < 4.78 is 10.3. The van der Waals surface area contributed by atoms with Crippen LogP contribution in [-0.2, 0) is 9.53 Å². The highest BCUT2D eigenvalue weighted by Crippen LogP contribution is 2.23. The van der Waals surface area contributed by atoms with Gasteiger partial charge in [-0.3, -0.25) is 14.5 Å². The molecule has 0 atom stereocenters. The van der Waals surface area contributed by atoms with Crippen molar-refractivity contribution in [3.8, 4) is 5.75 Å². The monoisotopic (exact) mass is 348 g/mol. The lowest BCUT2D eigenvalue weighted by Crippen LogP contribution is -2.43. The van der Waals surface area contributed by atoms with Crippen molar-refractivity contribution in [2.24, 2.45) is 5.92 Å². The number of ether oxygens (including phenoxy) is 2. The largest absolute Gasteiger partial charge is 0.494 e. The van der Waals surface area contributed by atoms with Crippen molar-refractivity contribution in [3.63, 3.8) is 0 Å². The summed E-state index contributed by atoms with van der Waals surface area (Å²) in [6.45, 7) is 5.52. The topological polar surface area (TPSA) is 67.9 Å². The maximum Gasteiger partial charge on any atom is 0.234 e. The molecule has 1 aromatic rings. The van der Waals surface area contributed by atoms with E-state index in [9.17, 15) is 9.59 Å². The second-order valence-corrected chi connectivity index (χ2v) is 6.21. The standard InChI is InChI=1S/C19H28N2O4/c1-3-25-17-6-4-15(5-7-17)19(23)16-8-11-21(12-9-16)14-18(22)20-10-13-24-2/h4-7,16H,3,8-14H2,1-2H3,(H,20,22). The maximum absolute atomic E-state index is 12.6. The number of Topliss-reactive ketones (excluding diaryl/α,β-unsaturated/α-hetero) is 1. The van der Waals surface area contributed by atoms with Crippen LogP contribution in [0.2, 0.25) is 0 Å². The number of likely N-dealkylation sites (tertiary alicyclic amines) is 1. The van der Waals surface area contributed by atoms with Crippen molar-refractivity contribution in [2.45, 2.75) is 19.8 Å². The Labute approximate surface area is 149 Å². The number of amides is 1. The number of carbonyl (C=O) groups is 2. The van der Waals surface area contributed by atoms with E-state index in [1.807, 2.05) is 31.2 Å². The number of hydrogen-bond acceptors (Lipinski definition) is 5. The van der Waals surface area contributed by atoms with Crippen LogP contribution in [-0.4, -0.2) is 63.1 Å². The summed E-state index contributed by atoms with van der Waals surface area (Å²) in [5.74, 6) is 1.01. The zero-order valence-electron chi connectivity index (χ0n) is 15.1. The van der Waals surface area contributed by atoms with Gasteiger partial charge in [0, 0.05) is 25.1 Å². The van der Waals surface area contributed by atoms with E-state index in [4.69, 9.17) is 9.47 Å². The molecule has 25 heavy (non-hydrogen) atoms. The highest BCUT2D eigenvalue weighted by Gasteiger charge is 2.26. The fraction of sp³-hybridized carbons (Fsp3) is 0.579. The van der Waals surface area contributed by atoms with Gasteiger partial charge >= 0.3 is 0 Å². The number of piperidine rings is 1. The molecule has 0 unspecified atom stereocenters. The number of carbonyl (C=O) groups excluding carboxylic acids is 2. The number of rotatable bonds is 9. The van der Waals surface area contributed by atoms with Gasteiger partial charge in [-0.15, -0.1) is 0 Å². The third kappa shape index (κ3) is 6.14. The number of nitrogens with zero attached hydrogens (tertiary/aromatic N) is 1. The van der Waals surface area contributed by atoms with E-state index in [0.29, 0.717) is 26.3 Å². The molecule has 6 nitrogen and oxygen atoms in total. The molecular weight excluding hydrogens is 320 g/mol. The summed E-state index contributed by atoms with van der Waals surface area (Å²) in [5, 5.41) is 2.82. The van der Waals surface area contributed by atoms with E-state index < -0.39 is 0 Å². The summed E-state index contributed by atoms with van der Waals surface area (Å²) in [6, 6.07) is 7.36. The Morgan fingerprint density at radius 1 is 1.20 bits per heavy atom. The molecule has 138 valence electrons. The molecule has 1 heterocycles. The van der Waals surface area contributed by atoms with Gasteiger partial charge in [0.2, 0.25) is 5.91 Å². The van der Waals surface area contributed by atoms with Gasteiger partial charge in [0.05, 0.1) is 19.8 Å². The fourth-order valence-corrected chi connectivity index (χ4v) is 3.02. The Morgan fingerprint density at radius 3 is 2.48 bits per heavy atom. The smallest absolute Gasteiger partial charge is 0.234 e. The number of hydrogen-bond donors (Lipinski definition) is 1. The predicted molar refractivity (Wildman–Crippen MR) is 96.0 cm³/mol. The SMILES string of the molecule is CCOc1ccc(C(=O)C2CCN(CC(=O)NCCOC)CC2)cc1. The summed E-state index contributed by atoms with van der Waals surface area (Å²) in [4.78, 5) is 26.5. The highest BCUT2D eigenvalue weighted by atomic mass is 16.5. The highest BCUT2D eigenvalue weighted by molar-refractivity contribution is 5.98. The first-order valence-corrected chi connectivity index (χ1v) is 8.89. The van der Waals surface area contributed by atoms with Crippen molar-refractivity contribution in [2.75, 3.05) is 46.5 Å². The quantitative estimate of drug-likeness (QED) is 0.544. The van der Waals surface area contributed by atoms with Gasteiger partial charge in [-0.05, 0) is 57.1 Å². The molecule has 0 spiro atoms. The molecule has 0 saturated carbocycles. The van der Waals surface area contributed by atoms with Crippen LogP contribution in [0.4, 0.5) is 0 Å². The minimum absolute atomic E-state index is 0.00772. The molecule has 0 aromatic heterocycles.